The molecule has 0 spiro atoms. The van der Waals surface area contributed by atoms with E-state index in [1.807, 2.05) is 24.3 Å². The number of amides is 2. The zero-order chi connectivity index (χ0) is 15.8. The largest absolute Gasteiger partial charge is 0.496 e. The summed E-state index contributed by atoms with van der Waals surface area (Å²) in [5, 5.41) is 7.73. The fraction of sp³-hybridized carbons (Fsp3) is 0.267. The summed E-state index contributed by atoms with van der Waals surface area (Å²) in [4.78, 5) is 27.4. The van der Waals surface area contributed by atoms with E-state index in [0.717, 1.165) is 11.3 Å². The van der Waals surface area contributed by atoms with Crippen molar-refractivity contribution in [2.45, 2.75) is 19.4 Å². The van der Waals surface area contributed by atoms with Crippen LogP contribution in [-0.4, -0.2) is 23.9 Å². The lowest BCUT2D eigenvalue weighted by Crippen LogP contribution is -2.24. The molecule has 0 saturated heterocycles. The number of methoxy groups -OCH3 is 1. The molecule has 0 fully saturated rings. The van der Waals surface area contributed by atoms with Gasteiger partial charge in [0.05, 0.1) is 7.11 Å². The van der Waals surface area contributed by atoms with Crippen LogP contribution in [0.15, 0.2) is 35.8 Å². The van der Waals surface area contributed by atoms with Crippen molar-refractivity contribution in [2.24, 2.45) is 0 Å². The fourth-order valence-electron chi connectivity index (χ4n) is 1.83. The second-order valence-corrected chi connectivity index (χ2v) is 5.37. The Kier molecular flexibility index (Phi) is 5.91. The number of nitrogens with one attached hydrogen (secondary N) is 2. The molecule has 0 unspecified atom stereocenters. The standard InChI is InChI=1S/C15H17N3O3S/c1-21-12-5-3-2-4-11(12)10-17-13(19)6-7-14(20)18-15-16-8-9-22-15/h2-5,8-9H,6-7,10H2,1H3,(H,17,19)(H,16,18,20). The molecule has 1 heterocycles. The first kappa shape index (κ1) is 16.0. The molecule has 2 N–H and O–H groups in total. The van der Waals surface area contributed by atoms with Gasteiger partial charge in [0.15, 0.2) is 5.13 Å². The summed E-state index contributed by atoms with van der Waals surface area (Å²) in [6.07, 6.45) is 1.87. The first-order valence-electron chi connectivity index (χ1n) is 6.77. The molecule has 0 saturated carbocycles. The second-order valence-electron chi connectivity index (χ2n) is 4.47. The maximum Gasteiger partial charge on any atom is 0.226 e. The zero-order valence-corrected chi connectivity index (χ0v) is 13.0. The lowest BCUT2D eigenvalue weighted by Gasteiger charge is -2.09. The lowest BCUT2D eigenvalue weighted by molar-refractivity contribution is -0.124. The molecule has 1 aromatic heterocycles. The van der Waals surface area contributed by atoms with Crippen molar-refractivity contribution in [3.63, 3.8) is 0 Å². The highest BCUT2D eigenvalue weighted by atomic mass is 32.1. The molecule has 2 rings (SSSR count). The summed E-state index contributed by atoms with van der Waals surface area (Å²) in [5.74, 6) is 0.326. The van der Waals surface area contributed by atoms with Crippen LogP contribution in [0.4, 0.5) is 5.13 Å². The van der Waals surface area contributed by atoms with Crippen molar-refractivity contribution in [1.82, 2.24) is 10.3 Å². The van der Waals surface area contributed by atoms with E-state index in [1.165, 1.54) is 11.3 Å². The van der Waals surface area contributed by atoms with Crippen LogP contribution in [0.2, 0.25) is 0 Å². The van der Waals surface area contributed by atoms with Crippen LogP contribution in [0.1, 0.15) is 18.4 Å². The number of ether oxygens (including phenoxy) is 1. The van der Waals surface area contributed by atoms with Crippen LogP contribution < -0.4 is 15.4 Å². The average Bonchev–Trinajstić information content (AvgIpc) is 3.04. The zero-order valence-electron chi connectivity index (χ0n) is 12.2. The summed E-state index contributed by atoms with van der Waals surface area (Å²) < 4.78 is 5.21. The van der Waals surface area contributed by atoms with Crippen LogP contribution in [0.25, 0.3) is 0 Å². The Morgan fingerprint density at radius 3 is 2.73 bits per heavy atom. The Morgan fingerprint density at radius 2 is 2.00 bits per heavy atom. The van der Waals surface area contributed by atoms with Gasteiger partial charge < -0.3 is 15.4 Å². The molecule has 6 nitrogen and oxygen atoms in total. The van der Waals surface area contributed by atoms with Gasteiger partial charge in [0.2, 0.25) is 11.8 Å². The predicted molar refractivity (Wildman–Crippen MR) is 84.8 cm³/mol. The van der Waals surface area contributed by atoms with Crippen molar-refractivity contribution in [2.75, 3.05) is 12.4 Å². The van der Waals surface area contributed by atoms with Gasteiger partial charge in [0.25, 0.3) is 0 Å². The molecule has 0 atom stereocenters. The van der Waals surface area contributed by atoms with Crippen molar-refractivity contribution in [3.8, 4) is 5.75 Å². The molecule has 0 aliphatic rings. The highest BCUT2D eigenvalue weighted by Crippen LogP contribution is 2.16. The fourth-order valence-corrected chi connectivity index (χ4v) is 2.37. The molecule has 2 aromatic rings. The number of para-hydroxylation sites is 1. The van der Waals surface area contributed by atoms with Gasteiger partial charge >= 0.3 is 0 Å². The van der Waals surface area contributed by atoms with Crippen LogP contribution >= 0.6 is 11.3 Å². The van der Waals surface area contributed by atoms with E-state index < -0.39 is 0 Å². The Labute approximate surface area is 132 Å². The summed E-state index contributed by atoms with van der Waals surface area (Å²) in [6, 6.07) is 7.47. The smallest absolute Gasteiger partial charge is 0.226 e. The molecule has 1 aromatic carbocycles. The SMILES string of the molecule is COc1ccccc1CNC(=O)CCC(=O)Nc1nccs1. The van der Waals surface area contributed by atoms with Crippen molar-refractivity contribution in [1.29, 1.82) is 0 Å². The normalized spacial score (nSPS) is 10.0. The number of rotatable bonds is 7. The molecule has 0 aliphatic heterocycles. The number of thiazole rings is 1. The number of hydrogen-bond donors (Lipinski definition) is 2. The van der Waals surface area contributed by atoms with Crippen LogP contribution in [0, 0.1) is 0 Å². The minimum atomic E-state index is -0.220. The monoisotopic (exact) mass is 319 g/mol. The summed E-state index contributed by atoms with van der Waals surface area (Å²) in [7, 11) is 1.59. The van der Waals surface area contributed by atoms with E-state index >= 15 is 0 Å². The van der Waals surface area contributed by atoms with Crippen LogP contribution in [-0.2, 0) is 16.1 Å². The van der Waals surface area contributed by atoms with Gasteiger partial charge in [-0.05, 0) is 6.07 Å². The summed E-state index contributed by atoms with van der Waals surface area (Å²) in [5.41, 5.74) is 0.894. The third kappa shape index (κ3) is 4.85. The molecule has 0 radical (unpaired) electrons. The van der Waals surface area contributed by atoms with E-state index in [4.69, 9.17) is 4.74 Å². The van der Waals surface area contributed by atoms with Gasteiger partial charge in [0, 0.05) is 36.5 Å². The third-order valence-corrected chi connectivity index (χ3v) is 3.61. The Hall–Kier alpha value is -2.41. The molecule has 2 amide bonds. The number of anilines is 1. The molecule has 22 heavy (non-hydrogen) atoms. The Bertz CT molecular complexity index is 629. The molecular formula is C15H17N3O3S. The van der Waals surface area contributed by atoms with Crippen molar-refractivity contribution >= 4 is 28.3 Å². The maximum absolute atomic E-state index is 11.8. The Morgan fingerprint density at radius 1 is 1.23 bits per heavy atom. The van der Waals surface area contributed by atoms with E-state index in [0.29, 0.717) is 11.7 Å². The molecule has 0 aliphatic carbocycles. The first-order chi connectivity index (χ1) is 10.7. The molecular weight excluding hydrogens is 302 g/mol. The number of aromatic nitrogens is 1. The average molecular weight is 319 g/mol. The Balaban J connectivity index is 1.72. The van der Waals surface area contributed by atoms with Crippen molar-refractivity contribution in [3.05, 3.63) is 41.4 Å². The highest BCUT2D eigenvalue weighted by Gasteiger charge is 2.09. The van der Waals surface area contributed by atoms with E-state index in [-0.39, 0.29) is 24.7 Å². The minimum Gasteiger partial charge on any atom is -0.496 e. The van der Waals surface area contributed by atoms with Gasteiger partial charge in [-0.1, -0.05) is 18.2 Å². The van der Waals surface area contributed by atoms with Crippen LogP contribution in [0.5, 0.6) is 5.75 Å². The van der Waals surface area contributed by atoms with Gasteiger partial charge in [-0.25, -0.2) is 4.98 Å². The third-order valence-electron chi connectivity index (χ3n) is 2.93. The molecule has 0 bridgehead atoms. The van der Waals surface area contributed by atoms with Gasteiger partial charge in [-0.15, -0.1) is 11.3 Å². The number of nitrogens with zero attached hydrogens (tertiary/aromatic N) is 1. The minimum absolute atomic E-state index is 0.122. The summed E-state index contributed by atoms with van der Waals surface area (Å²) >= 11 is 1.34. The van der Waals surface area contributed by atoms with Gasteiger partial charge in [-0.3, -0.25) is 9.59 Å². The maximum atomic E-state index is 11.8. The highest BCUT2D eigenvalue weighted by molar-refractivity contribution is 7.13. The van der Waals surface area contributed by atoms with Gasteiger partial charge in [-0.2, -0.15) is 0 Å². The molecule has 116 valence electrons. The predicted octanol–water partition coefficient (Wildman–Crippen LogP) is 2.19. The number of benzene rings is 1. The number of carbonyl (C=O) groups excluding carboxylic acids is 2. The first-order valence-corrected chi connectivity index (χ1v) is 7.65. The van der Waals surface area contributed by atoms with E-state index in [9.17, 15) is 9.59 Å². The number of carbonyl (C=O) groups is 2. The quantitative estimate of drug-likeness (QED) is 0.820. The van der Waals surface area contributed by atoms with Crippen LogP contribution in [0.3, 0.4) is 0 Å². The molecule has 7 heteroatoms. The topological polar surface area (TPSA) is 80.3 Å². The van der Waals surface area contributed by atoms with E-state index in [1.54, 1.807) is 18.7 Å². The van der Waals surface area contributed by atoms with E-state index in [2.05, 4.69) is 15.6 Å². The van der Waals surface area contributed by atoms with Gasteiger partial charge in [0.1, 0.15) is 5.75 Å². The second kappa shape index (κ2) is 8.14. The lowest BCUT2D eigenvalue weighted by atomic mass is 10.2. The summed E-state index contributed by atoms with van der Waals surface area (Å²) in [6.45, 7) is 0.372. The number of hydrogen-bond acceptors (Lipinski definition) is 5. The van der Waals surface area contributed by atoms with Crippen molar-refractivity contribution < 1.29 is 14.3 Å².